The van der Waals surface area contributed by atoms with Crippen molar-refractivity contribution in [1.29, 1.82) is 0 Å². The van der Waals surface area contributed by atoms with Crippen molar-refractivity contribution < 1.29 is 19.5 Å². The average molecular weight is 372 g/mol. The van der Waals surface area contributed by atoms with Crippen LogP contribution in [-0.2, 0) is 11.2 Å². The van der Waals surface area contributed by atoms with Gasteiger partial charge in [0.2, 0.25) is 5.91 Å². The first kappa shape index (κ1) is 18.1. The van der Waals surface area contributed by atoms with Gasteiger partial charge in [0.15, 0.2) is 0 Å². The number of nitrogens with one attached hydrogen (secondary N) is 1. The molecule has 1 fully saturated rings. The Morgan fingerprint density at radius 2 is 2.12 bits per heavy atom. The van der Waals surface area contributed by atoms with E-state index in [1.54, 1.807) is 29.2 Å². The van der Waals surface area contributed by atoms with Gasteiger partial charge < -0.3 is 15.3 Å². The molecule has 0 unspecified atom stereocenters. The number of benzene rings is 1. The molecule has 7 heteroatoms. The number of carbonyl (C=O) groups excluding carboxylic acids is 2. The van der Waals surface area contributed by atoms with Gasteiger partial charge in [-0.2, -0.15) is 0 Å². The van der Waals surface area contributed by atoms with Crippen LogP contribution < -0.4 is 10.2 Å². The molecule has 0 bridgehead atoms. The molecule has 6 nitrogen and oxygen atoms in total. The van der Waals surface area contributed by atoms with Crippen LogP contribution in [0.5, 0.6) is 0 Å². The second kappa shape index (κ2) is 7.29. The monoisotopic (exact) mass is 372 g/mol. The summed E-state index contributed by atoms with van der Waals surface area (Å²) in [4.78, 5) is 38.7. The van der Waals surface area contributed by atoms with Crippen LogP contribution in [-0.4, -0.2) is 29.4 Å². The number of aromatic carboxylic acids is 1. The highest BCUT2D eigenvalue weighted by Crippen LogP contribution is 2.34. The third kappa shape index (κ3) is 3.35. The number of carboxylic acids is 1. The van der Waals surface area contributed by atoms with Crippen LogP contribution in [0.15, 0.2) is 24.3 Å². The van der Waals surface area contributed by atoms with E-state index >= 15 is 0 Å². The van der Waals surface area contributed by atoms with Gasteiger partial charge in [-0.15, -0.1) is 11.3 Å². The summed E-state index contributed by atoms with van der Waals surface area (Å²) in [5, 5.41) is 12.6. The van der Waals surface area contributed by atoms with E-state index in [0.29, 0.717) is 35.6 Å². The van der Waals surface area contributed by atoms with Gasteiger partial charge in [0, 0.05) is 29.1 Å². The molecule has 1 aliphatic heterocycles. The third-order valence-electron chi connectivity index (χ3n) is 4.50. The van der Waals surface area contributed by atoms with Crippen LogP contribution in [0.25, 0.3) is 0 Å². The number of amides is 2. The van der Waals surface area contributed by atoms with Gasteiger partial charge in [0.25, 0.3) is 5.91 Å². The van der Waals surface area contributed by atoms with Crippen LogP contribution >= 0.6 is 11.3 Å². The van der Waals surface area contributed by atoms with E-state index in [2.05, 4.69) is 5.32 Å². The molecule has 1 aliphatic rings. The van der Waals surface area contributed by atoms with Gasteiger partial charge in [-0.1, -0.05) is 13.0 Å². The van der Waals surface area contributed by atoms with E-state index < -0.39 is 5.97 Å². The quantitative estimate of drug-likeness (QED) is 0.838. The SMILES string of the molecule is CCc1c(C)sc(NC(=O)c2cccc(N3CCCC3=O)c2)c1C(=O)O. The highest BCUT2D eigenvalue weighted by molar-refractivity contribution is 7.16. The molecule has 0 saturated carbocycles. The molecule has 2 heterocycles. The maximum atomic E-state index is 12.6. The summed E-state index contributed by atoms with van der Waals surface area (Å²) in [6.45, 7) is 4.39. The highest BCUT2D eigenvalue weighted by Gasteiger charge is 2.24. The Hall–Kier alpha value is -2.67. The Morgan fingerprint density at radius 1 is 1.35 bits per heavy atom. The Kier molecular flexibility index (Phi) is 5.08. The molecule has 2 aromatic rings. The van der Waals surface area contributed by atoms with Crippen molar-refractivity contribution in [3.63, 3.8) is 0 Å². The van der Waals surface area contributed by atoms with Gasteiger partial charge >= 0.3 is 5.97 Å². The minimum absolute atomic E-state index is 0.0530. The molecule has 1 aromatic carbocycles. The normalized spacial score (nSPS) is 13.9. The molecule has 136 valence electrons. The smallest absolute Gasteiger partial charge is 0.339 e. The number of carbonyl (C=O) groups is 3. The second-order valence-electron chi connectivity index (χ2n) is 6.15. The van der Waals surface area contributed by atoms with Crippen molar-refractivity contribution in [2.45, 2.75) is 33.1 Å². The first-order valence-corrected chi connectivity index (χ1v) is 9.31. The molecule has 0 spiro atoms. The predicted molar refractivity (Wildman–Crippen MR) is 101 cm³/mol. The number of aryl methyl sites for hydroxylation is 1. The van der Waals surface area contributed by atoms with Crippen molar-refractivity contribution in [3.05, 3.63) is 45.8 Å². The van der Waals surface area contributed by atoms with Crippen molar-refractivity contribution in [1.82, 2.24) is 0 Å². The first-order valence-electron chi connectivity index (χ1n) is 8.49. The van der Waals surface area contributed by atoms with Gasteiger partial charge in [0.1, 0.15) is 5.00 Å². The Balaban J connectivity index is 1.87. The maximum Gasteiger partial charge on any atom is 0.339 e. The van der Waals surface area contributed by atoms with E-state index in [0.717, 1.165) is 16.9 Å². The van der Waals surface area contributed by atoms with Crippen molar-refractivity contribution >= 4 is 39.8 Å². The van der Waals surface area contributed by atoms with Crippen LogP contribution in [0.3, 0.4) is 0 Å². The summed E-state index contributed by atoms with van der Waals surface area (Å²) in [7, 11) is 0. The van der Waals surface area contributed by atoms with Crippen molar-refractivity contribution in [2.24, 2.45) is 0 Å². The lowest BCUT2D eigenvalue weighted by molar-refractivity contribution is -0.117. The molecule has 1 aromatic heterocycles. The Labute approximate surface area is 155 Å². The number of carboxylic acid groups (broad SMARTS) is 1. The lowest BCUT2D eigenvalue weighted by Gasteiger charge is -2.16. The first-order chi connectivity index (χ1) is 12.4. The van der Waals surface area contributed by atoms with Gasteiger partial charge in [0.05, 0.1) is 5.56 Å². The van der Waals surface area contributed by atoms with E-state index in [-0.39, 0.29) is 17.4 Å². The molecule has 2 N–H and O–H groups in total. The fourth-order valence-electron chi connectivity index (χ4n) is 3.23. The van der Waals surface area contributed by atoms with Crippen LogP contribution in [0, 0.1) is 6.92 Å². The molecule has 0 atom stereocenters. The Morgan fingerprint density at radius 3 is 2.73 bits per heavy atom. The zero-order chi connectivity index (χ0) is 18.8. The molecule has 0 radical (unpaired) electrons. The topological polar surface area (TPSA) is 86.7 Å². The Bertz CT molecular complexity index is 888. The fourth-order valence-corrected chi connectivity index (χ4v) is 4.36. The number of hydrogen-bond acceptors (Lipinski definition) is 4. The number of nitrogens with zero attached hydrogens (tertiary/aromatic N) is 1. The summed E-state index contributed by atoms with van der Waals surface area (Å²) in [6.07, 6.45) is 1.92. The van der Waals surface area contributed by atoms with E-state index in [4.69, 9.17) is 0 Å². The zero-order valence-electron chi connectivity index (χ0n) is 14.7. The van der Waals surface area contributed by atoms with Gasteiger partial charge in [-0.05, 0) is 43.5 Å². The molecular weight excluding hydrogens is 352 g/mol. The van der Waals surface area contributed by atoms with Gasteiger partial charge in [-0.3, -0.25) is 9.59 Å². The lowest BCUT2D eigenvalue weighted by atomic mass is 10.1. The predicted octanol–water partition coefficient (Wildman–Crippen LogP) is 3.70. The zero-order valence-corrected chi connectivity index (χ0v) is 15.5. The van der Waals surface area contributed by atoms with E-state index in [1.807, 2.05) is 13.8 Å². The number of hydrogen-bond donors (Lipinski definition) is 2. The average Bonchev–Trinajstić information content (AvgIpc) is 3.17. The van der Waals surface area contributed by atoms with E-state index in [9.17, 15) is 19.5 Å². The number of rotatable bonds is 5. The summed E-state index contributed by atoms with van der Waals surface area (Å²) in [6, 6.07) is 6.85. The number of thiophene rings is 1. The minimum atomic E-state index is -1.04. The number of anilines is 2. The molecule has 0 aliphatic carbocycles. The minimum Gasteiger partial charge on any atom is -0.478 e. The molecular formula is C19H20N2O4S. The van der Waals surface area contributed by atoms with Crippen molar-refractivity contribution in [3.8, 4) is 0 Å². The standard InChI is InChI=1S/C19H20N2O4S/c1-3-14-11(2)26-18(16(14)19(24)25)20-17(23)12-6-4-7-13(10-12)21-9-5-8-15(21)22/h4,6-7,10H,3,5,8-9H2,1-2H3,(H,20,23)(H,24,25). The van der Waals surface area contributed by atoms with E-state index in [1.165, 1.54) is 11.3 Å². The maximum absolute atomic E-state index is 12.6. The summed E-state index contributed by atoms with van der Waals surface area (Å²) >= 11 is 1.27. The third-order valence-corrected chi connectivity index (χ3v) is 5.56. The fraction of sp³-hybridized carbons (Fsp3) is 0.316. The van der Waals surface area contributed by atoms with Crippen LogP contribution in [0.1, 0.15) is 50.9 Å². The van der Waals surface area contributed by atoms with Gasteiger partial charge in [-0.25, -0.2) is 4.79 Å². The second-order valence-corrected chi connectivity index (χ2v) is 7.38. The molecule has 2 amide bonds. The highest BCUT2D eigenvalue weighted by atomic mass is 32.1. The lowest BCUT2D eigenvalue weighted by Crippen LogP contribution is -2.24. The van der Waals surface area contributed by atoms with Crippen molar-refractivity contribution in [2.75, 3.05) is 16.8 Å². The molecule has 3 rings (SSSR count). The van der Waals surface area contributed by atoms with Crippen LogP contribution in [0.4, 0.5) is 10.7 Å². The summed E-state index contributed by atoms with van der Waals surface area (Å²) in [5.41, 5.74) is 1.99. The molecule has 1 saturated heterocycles. The molecule has 26 heavy (non-hydrogen) atoms. The largest absolute Gasteiger partial charge is 0.478 e. The summed E-state index contributed by atoms with van der Waals surface area (Å²) in [5.74, 6) is -1.37. The summed E-state index contributed by atoms with van der Waals surface area (Å²) < 4.78 is 0. The van der Waals surface area contributed by atoms with Crippen LogP contribution in [0.2, 0.25) is 0 Å².